The van der Waals surface area contributed by atoms with E-state index in [2.05, 4.69) is 61.5 Å². The van der Waals surface area contributed by atoms with E-state index in [4.69, 9.17) is 20.9 Å². The second-order valence-corrected chi connectivity index (χ2v) is 8.98. The van der Waals surface area contributed by atoms with Crippen LogP contribution in [0.3, 0.4) is 0 Å². The van der Waals surface area contributed by atoms with Gasteiger partial charge in [0.1, 0.15) is 0 Å². The zero-order valence-electron chi connectivity index (χ0n) is 19.3. The van der Waals surface area contributed by atoms with Gasteiger partial charge in [-0.15, -0.1) is 0 Å². The molecule has 0 aromatic heterocycles. The van der Waals surface area contributed by atoms with Crippen LogP contribution in [0.5, 0.6) is 0 Å². The van der Waals surface area contributed by atoms with Crippen LogP contribution in [-0.4, -0.2) is 39.5 Å². The minimum atomic E-state index is 0.567. The zero-order chi connectivity index (χ0) is 22.8. The molecular formula is C29H32N2O2. The van der Waals surface area contributed by atoms with Crippen LogP contribution in [-0.2, 0) is 9.47 Å². The van der Waals surface area contributed by atoms with E-state index in [1.165, 1.54) is 60.2 Å². The molecule has 0 bridgehead atoms. The highest BCUT2D eigenvalue weighted by Gasteiger charge is 2.25. The fourth-order valence-electron chi connectivity index (χ4n) is 4.81. The summed E-state index contributed by atoms with van der Waals surface area (Å²) in [5, 5.41) is 7.90. The Kier molecular flexibility index (Phi) is 6.43. The van der Waals surface area contributed by atoms with E-state index in [1.54, 1.807) is 0 Å². The van der Waals surface area contributed by atoms with Gasteiger partial charge in [-0.25, -0.2) is 0 Å². The Labute approximate surface area is 195 Å². The van der Waals surface area contributed by atoms with Gasteiger partial charge >= 0.3 is 0 Å². The quantitative estimate of drug-likeness (QED) is 0.239. The lowest BCUT2D eigenvalue weighted by Gasteiger charge is -2.15. The molecule has 170 valence electrons. The van der Waals surface area contributed by atoms with Gasteiger partial charge in [-0.3, -0.25) is 0 Å². The molecule has 4 heteroatoms. The van der Waals surface area contributed by atoms with Gasteiger partial charge in [0.15, 0.2) is 0 Å². The fourth-order valence-corrected chi connectivity index (χ4v) is 4.81. The maximum absolute atomic E-state index is 5.76. The van der Waals surface area contributed by atoms with Crippen LogP contribution in [0.1, 0.15) is 30.9 Å². The van der Waals surface area contributed by atoms with E-state index < -0.39 is 0 Å². The Morgan fingerprint density at radius 2 is 1.58 bits per heavy atom. The van der Waals surface area contributed by atoms with Crippen molar-refractivity contribution in [2.45, 2.75) is 19.8 Å². The molecule has 33 heavy (non-hydrogen) atoms. The number of hydrogen-bond donors (Lipinski definition) is 2. The molecule has 0 aliphatic heterocycles. The predicted molar refractivity (Wildman–Crippen MR) is 140 cm³/mol. The Bertz CT molecular complexity index is 1350. The largest absolute Gasteiger partial charge is 0.377 e. The molecule has 4 aromatic carbocycles. The highest BCUT2D eigenvalue weighted by molar-refractivity contribution is 6.26. The van der Waals surface area contributed by atoms with Crippen LogP contribution in [0.25, 0.3) is 44.0 Å². The van der Waals surface area contributed by atoms with Crippen molar-refractivity contribution < 1.29 is 9.47 Å². The highest BCUT2D eigenvalue weighted by Crippen LogP contribution is 2.46. The van der Waals surface area contributed by atoms with Gasteiger partial charge in [0, 0.05) is 13.2 Å². The normalized spacial score (nSPS) is 14.3. The van der Waals surface area contributed by atoms with E-state index >= 15 is 0 Å². The number of rotatable bonds is 11. The number of nitrogens with two attached hydrogens (primary N) is 2. The minimum Gasteiger partial charge on any atom is -0.377 e. The molecule has 4 N–H and O–H groups in total. The first-order valence-corrected chi connectivity index (χ1v) is 11.9. The molecule has 0 radical (unpaired) electrons. The van der Waals surface area contributed by atoms with Gasteiger partial charge in [-0.05, 0) is 86.5 Å². The fraction of sp³-hybridized carbons (Fsp3) is 0.310. The molecular weight excluding hydrogens is 408 g/mol. The van der Waals surface area contributed by atoms with Gasteiger partial charge in [0.25, 0.3) is 0 Å². The molecule has 0 heterocycles. The van der Waals surface area contributed by atoms with E-state index in [0.717, 1.165) is 12.8 Å². The maximum Gasteiger partial charge on any atom is 0.0686 e. The summed E-state index contributed by atoms with van der Waals surface area (Å²) in [7, 11) is 0. The second kappa shape index (κ2) is 9.62. The van der Waals surface area contributed by atoms with E-state index in [-0.39, 0.29) is 0 Å². The molecule has 0 amide bonds. The molecule has 1 aliphatic carbocycles. The summed E-state index contributed by atoms with van der Waals surface area (Å²) in [5.41, 5.74) is 17.7. The molecule has 0 atom stereocenters. The standard InChI is InChI=1S/C29H32N2O2/c1-19(17-32-13-2-11-30)15-22-4-3-20-7-10-26-25(27-16-23(27)18-33-14-12-31)9-6-21-5-8-24(22)28(20)29(21)26/h3-10,15H,2,11-14,16-18,30-31H2,1H3/b19-15-. The van der Waals surface area contributed by atoms with Gasteiger partial charge < -0.3 is 20.9 Å². The van der Waals surface area contributed by atoms with E-state index in [0.29, 0.717) is 39.5 Å². The first kappa shape index (κ1) is 22.1. The van der Waals surface area contributed by atoms with Gasteiger partial charge in [0.2, 0.25) is 0 Å². The Balaban J connectivity index is 1.55. The summed E-state index contributed by atoms with van der Waals surface area (Å²) < 4.78 is 11.4. The lowest BCUT2D eigenvalue weighted by atomic mass is 9.89. The molecule has 4 nitrogen and oxygen atoms in total. The summed E-state index contributed by atoms with van der Waals surface area (Å²) in [6.45, 7) is 6.01. The van der Waals surface area contributed by atoms with Crippen LogP contribution >= 0.6 is 0 Å². The van der Waals surface area contributed by atoms with Crippen molar-refractivity contribution in [2.24, 2.45) is 11.5 Å². The summed E-state index contributed by atoms with van der Waals surface area (Å²) in [4.78, 5) is 0. The third-order valence-corrected chi connectivity index (χ3v) is 6.48. The molecule has 0 unspecified atom stereocenters. The van der Waals surface area contributed by atoms with Crippen LogP contribution in [0.2, 0.25) is 0 Å². The average molecular weight is 441 g/mol. The smallest absolute Gasteiger partial charge is 0.0686 e. The lowest BCUT2D eigenvalue weighted by Crippen LogP contribution is -2.08. The number of allylic oxidation sites excluding steroid dienone is 1. The number of benzene rings is 4. The Morgan fingerprint density at radius 1 is 0.848 bits per heavy atom. The lowest BCUT2D eigenvalue weighted by molar-refractivity contribution is 0.155. The molecule has 0 fully saturated rings. The SMILES string of the molecule is C/C(=C/c1ccc2ccc3c(C4=C(COCCN)C4)ccc4ccc1c2c43)COCCCN. The van der Waals surface area contributed by atoms with Crippen molar-refractivity contribution in [2.75, 3.05) is 39.5 Å². The second-order valence-electron chi connectivity index (χ2n) is 8.98. The van der Waals surface area contributed by atoms with Crippen molar-refractivity contribution in [1.82, 2.24) is 0 Å². The predicted octanol–water partition coefficient (Wildman–Crippen LogP) is 5.49. The van der Waals surface area contributed by atoms with Crippen molar-refractivity contribution in [1.29, 1.82) is 0 Å². The van der Waals surface area contributed by atoms with Gasteiger partial charge in [-0.2, -0.15) is 0 Å². The van der Waals surface area contributed by atoms with Crippen molar-refractivity contribution >= 4 is 44.0 Å². The summed E-state index contributed by atoms with van der Waals surface area (Å²) in [6, 6.07) is 18.1. The molecule has 0 spiro atoms. The molecule has 1 aliphatic rings. The highest BCUT2D eigenvalue weighted by atomic mass is 16.5. The molecule has 0 saturated carbocycles. The Morgan fingerprint density at radius 3 is 2.36 bits per heavy atom. The average Bonchev–Trinajstić information content (AvgIpc) is 3.60. The maximum atomic E-state index is 5.76. The summed E-state index contributed by atoms with van der Waals surface area (Å²) in [5.74, 6) is 0. The van der Waals surface area contributed by atoms with Crippen molar-refractivity contribution in [3.8, 4) is 0 Å². The summed E-state index contributed by atoms with van der Waals surface area (Å²) >= 11 is 0. The molecule has 5 rings (SSSR count). The first-order valence-electron chi connectivity index (χ1n) is 11.9. The zero-order valence-corrected chi connectivity index (χ0v) is 19.3. The molecule has 0 saturated heterocycles. The first-order chi connectivity index (χ1) is 16.2. The van der Waals surface area contributed by atoms with Crippen LogP contribution in [0, 0.1) is 0 Å². The van der Waals surface area contributed by atoms with E-state index in [9.17, 15) is 0 Å². The minimum absolute atomic E-state index is 0.567. The van der Waals surface area contributed by atoms with Crippen molar-refractivity contribution in [3.05, 3.63) is 70.8 Å². The number of ether oxygens (including phenoxy) is 2. The van der Waals surface area contributed by atoms with Gasteiger partial charge in [0.05, 0.1) is 19.8 Å². The van der Waals surface area contributed by atoms with Crippen LogP contribution in [0.15, 0.2) is 59.7 Å². The van der Waals surface area contributed by atoms with Crippen LogP contribution in [0.4, 0.5) is 0 Å². The topological polar surface area (TPSA) is 70.5 Å². The monoisotopic (exact) mass is 440 g/mol. The third kappa shape index (κ3) is 4.40. The van der Waals surface area contributed by atoms with Crippen LogP contribution < -0.4 is 11.5 Å². The Hall–Kier alpha value is -2.76. The third-order valence-electron chi connectivity index (χ3n) is 6.48. The molecule has 4 aromatic rings. The number of hydrogen-bond acceptors (Lipinski definition) is 4. The van der Waals surface area contributed by atoms with E-state index in [1.807, 2.05) is 0 Å². The van der Waals surface area contributed by atoms with Crippen molar-refractivity contribution in [3.63, 3.8) is 0 Å². The summed E-state index contributed by atoms with van der Waals surface area (Å²) in [6.07, 6.45) is 4.18. The van der Waals surface area contributed by atoms with Gasteiger partial charge in [-0.1, -0.05) is 54.6 Å².